The smallest absolute Gasteiger partial charge is 0.185 e. The van der Waals surface area contributed by atoms with Crippen LogP contribution >= 0.6 is 22.9 Å². The molecule has 3 nitrogen and oxygen atoms in total. The zero-order valence-electron chi connectivity index (χ0n) is 8.38. The Morgan fingerprint density at radius 2 is 2.43 bits per heavy atom. The first-order valence-corrected chi connectivity index (χ1v) is 5.45. The number of halogens is 1. The summed E-state index contributed by atoms with van der Waals surface area (Å²) >= 11 is 7.29. The zero-order valence-corrected chi connectivity index (χ0v) is 9.95. The predicted octanol–water partition coefficient (Wildman–Crippen LogP) is 2.05. The summed E-state index contributed by atoms with van der Waals surface area (Å²) < 4.78 is 0. The Bertz CT molecular complexity index is 309. The number of nitrogens with zero attached hydrogens (tertiary/aromatic N) is 2. The molecule has 0 spiro atoms. The fraction of sp³-hybridized carbons (Fsp3) is 0.444. The van der Waals surface area contributed by atoms with E-state index in [0.717, 1.165) is 11.7 Å². The van der Waals surface area contributed by atoms with Crippen LogP contribution in [-0.4, -0.2) is 25.6 Å². The van der Waals surface area contributed by atoms with Gasteiger partial charge < -0.3 is 10.2 Å². The van der Waals surface area contributed by atoms with Crippen LogP contribution in [0.1, 0.15) is 4.88 Å². The average Bonchev–Trinajstić information content (AvgIpc) is 2.52. The van der Waals surface area contributed by atoms with Crippen molar-refractivity contribution in [1.29, 1.82) is 0 Å². The van der Waals surface area contributed by atoms with Gasteiger partial charge in [-0.25, -0.2) is 4.98 Å². The second-order valence-electron chi connectivity index (χ2n) is 3.12. The van der Waals surface area contributed by atoms with Crippen molar-refractivity contribution in [3.8, 4) is 0 Å². The van der Waals surface area contributed by atoms with Gasteiger partial charge in [0.2, 0.25) is 0 Å². The molecule has 1 aromatic heterocycles. The molecule has 0 atom stereocenters. The molecule has 0 aliphatic rings. The van der Waals surface area contributed by atoms with E-state index in [9.17, 15) is 0 Å². The minimum Gasteiger partial charge on any atom is -0.354 e. The van der Waals surface area contributed by atoms with Crippen molar-refractivity contribution in [3.63, 3.8) is 0 Å². The van der Waals surface area contributed by atoms with Crippen LogP contribution in [0.3, 0.4) is 0 Å². The van der Waals surface area contributed by atoms with Crippen LogP contribution in [-0.2, 0) is 6.54 Å². The molecule has 0 aliphatic heterocycles. The Morgan fingerprint density at radius 1 is 1.71 bits per heavy atom. The molecule has 0 aromatic carbocycles. The van der Waals surface area contributed by atoms with Gasteiger partial charge in [0.25, 0.3) is 0 Å². The van der Waals surface area contributed by atoms with Crippen molar-refractivity contribution in [2.45, 2.75) is 6.54 Å². The fourth-order valence-electron chi connectivity index (χ4n) is 0.907. The number of aromatic nitrogens is 1. The van der Waals surface area contributed by atoms with Gasteiger partial charge >= 0.3 is 0 Å². The van der Waals surface area contributed by atoms with Gasteiger partial charge in [-0.05, 0) is 0 Å². The number of anilines is 1. The van der Waals surface area contributed by atoms with Crippen LogP contribution in [0.5, 0.6) is 0 Å². The lowest BCUT2D eigenvalue weighted by Gasteiger charge is -2.05. The van der Waals surface area contributed by atoms with Crippen LogP contribution in [0.15, 0.2) is 17.8 Å². The molecule has 0 fully saturated rings. The van der Waals surface area contributed by atoms with Gasteiger partial charge in [0, 0.05) is 43.3 Å². The molecule has 78 valence electrons. The molecule has 0 aliphatic carbocycles. The monoisotopic (exact) mass is 231 g/mol. The van der Waals surface area contributed by atoms with Gasteiger partial charge in [-0.3, -0.25) is 0 Å². The number of nitrogens with one attached hydrogen (secondary N) is 1. The molecular formula is C9H14ClN3S. The van der Waals surface area contributed by atoms with Gasteiger partial charge in [0.1, 0.15) is 0 Å². The Hall–Kier alpha value is -0.580. The molecule has 1 aromatic rings. The van der Waals surface area contributed by atoms with E-state index < -0.39 is 0 Å². The SMILES string of the molecule is C=C(Cl)CNCc1cnc(N(C)C)s1. The van der Waals surface area contributed by atoms with E-state index in [1.165, 1.54) is 4.88 Å². The first-order chi connectivity index (χ1) is 6.59. The number of thiazole rings is 1. The van der Waals surface area contributed by atoms with Crippen molar-refractivity contribution in [3.05, 3.63) is 22.7 Å². The summed E-state index contributed by atoms with van der Waals surface area (Å²) in [6.07, 6.45) is 1.88. The van der Waals surface area contributed by atoms with Gasteiger partial charge in [0.05, 0.1) is 0 Å². The maximum atomic E-state index is 5.62. The quantitative estimate of drug-likeness (QED) is 0.841. The van der Waals surface area contributed by atoms with E-state index >= 15 is 0 Å². The van der Waals surface area contributed by atoms with E-state index in [2.05, 4.69) is 16.9 Å². The summed E-state index contributed by atoms with van der Waals surface area (Å²) in [5, 5.41) is 4.82. The van der Waals surface area contributed by atoms with Gasteiger partial charge in [-0.2, -0.15) is 0 Å². The van der Waals surface area contributed by atoms with Crippen LogP contribution < -0.4 is 10.2 Å². The van der Waals surface area contributed by atoms with Crippen molar-refractivity contribution in [2.75, 3.05) is 25.5 Å². The van der Waals surface area contributed by atoms with E-state index in [-0.39, 0.29) is 0 Å². The molecular weight excluding hydrogens is 218 g/mol. The molecule has 0 amide bonds. The van der Waals surface area contributed by atoms with E-state index in [4.69, 9.17) is 11.6 Å². The fourth-order valence-corrected chi connectivity index (χ4v) is 1.80. The van der Waals surface area contributed by atoms with E-state index in [0.29, 0.717) is 11.6 Å². The predicted molar refractivity (Wildman–Crippen MR) is 63.1 cm³/mol. The van der Waals surface area contributed by atoms with Crippen LogP contribution in [0, 0.1) is 0 Å². The van der Waals surface area contributed by atoms with E-state index in [1.54, 1.807) is 11.3 Å². The van der Waals surface area contributed by atoms with Crippen molar-refractivity contribution >= 4 is 28.1 Å². The van der Waals surface area contributed by atoms with Crippen LogP contribution in [0.25, 0.3) is 0 Å². The topological polar surface area (TPSA) is 28.2 Å². The number of rotatable bonds is 5. The summed E-state index contributed by atoms with van der Waals surface area (Å²) in [5.74, 6) is 0. The number of hydrogen-bond donors (Lipinski definition) is 1. The lowest BCUT2D eigenvalue weighted by Crippen LogP contribution is -2.13. The highest BCUT2D eigenvalue weighted by Gasteiger charge is 2.02. The minimum absolute atomic E-state index is 0.627. The number of hydrogen-bond acceptors (Lipinski definition) is 4. The molecule has 0 saturated heterocycles. The lowest BCUT2D eigenvalue weighted by atomic mass is 10.5. The molecule has 0 bridgehead atoms. The second-order valence-corrected chi connectivity index (χ2v) is 4.75. The molecule has 14 heavy (non-hydrogen) atoms. The molecule has 1 rings (SSSR count). The summed E-state index contributed by atoms with van der Waals surface area (Å²) in [5.41, 5.74) is 0. The highest BCUT2D eigenvalue weighted by molar-refractivity contribution is 7.15. The van der Waals surface area contributed by atoms with Gasteiger partial charge in [0.15, 0.2) is 5.13 Å². The standard InChI is InChI=1S/C9H14ClN3S/c1-7(10)4-11-5-8-6-12-9(14-8)13(2)3/h6,11H,1,4-5H2,2-3H3. The van der Waals surface area contributed by atoms with Crippen LogP contribution in [0.4, 0.5) is 5.13 Å². The van der Waals surface area contributed by atoms with E-state index in [1.807, 2.05) is 25.2 Å². The van der Waals surface area contributed by atoms with Crippen molar-refractivity contribution in [2.24, 2.45) is 0 Å². The minimum atomic E-state index is 0.627. The molecule has 5 heteroatoms. The largest absolute Gasteiger partial charge is 0.354 e. The van der Waals surface area contributed by atoms with Crippen molar-refractivity contribution in [1.82, 2.24) is 10.3 Å². The summed E-state index contributed by atoms with van der Waals surface area (Å²) in [4.78, 5) is 7.46. The van der Waals surface area contributed by atoms with Crippen molar-refractivity contribution < 1.29 is 0 Å². The highest BCUT2D eigenvalue weighted by Crippen LogP contribution is 2.19. The third-order valence-corrected chi connectivity index (χ3v) is 2.84. The Kier molecular flexibility index (Phi) is 4.38. The highest BCUT2D eigenvalue weighted by atomic mass is 35.5. The molecule has 0 unspecified atom stereocenters. The van der Waals surface area contributed by atoms with Gasteiger partial charge in [-0.1, -0.05) is 18.2 Å². The maximum Gasteiger partial charge on any atom is 0.185 e. The maximum absolute atomic E-state index is 5.62. The summed E-state index contributed by atoms with van der Waals surface area (Å²) in [6, 6.07) is 0. The third-order valence-electron chi connectivity index (χ3n) is 1.54. The Labute approximate surface area is 93.4 Å². The van der Waals surface area contributed by atoms with Gasteiger partial charge in [-0.15, -0.1) is 11.3 Å². The molecule has 0 saturated carbocycles. The molecule has 1 heterocycles. The average molecular weight is 232 g/mol. The Balaban J connectivity index is 2.40. The normalized spacial score (nSPS) is 10.2. The summed E-state index contributed by atoms with van der Waals surface area (Å²) in [7, 11) is 3.97. The molecule has 1 N–H and O–H groups in total. The lowest BCUT2D eigenvalue weighted by molar-refractivity contribution is 0.763. The first-order valence-electron chi connectivity index (χ1n) is 4.25. The zero-order chi connectivity index (χ0) is 10.6. The molecule has 0 radical (unpaired) electrons. The summed E-state index contributed by atoms with van der Waals surface area (Å²) in [6.45, 7) is 5.03. The second kappa shape index (κ2) is 5.34. The third kappa shape index (κ3) is 3.65. The first kappa shape index (κ1) is 11.5. The van der Waals surface area contributed by atoms with Crippen LogP contribution in [0.2, 0.25) is 0 Å². The Morgan fingerprint density at radius 3 is 2.93 bits per heavy atom.